The van der Waals surface area contributed by atoms with Gasteiger partial charge in [0.1, 0.15) is 0 Å². The van der Waals surface area contributed by atoms with Crippen molar-refractivity contribution in [2.24, 2.45) is 5.92 Å². The molecule has 1 saturated carbocycles. The summed E-state index contributed by atoms with van der Waals surface area (Å²) in [5.74, 6) is 0.845. The van der Waals surface area contributed by atoms with Crippen LogP contribution in [0.4, 0.5) is 0 Å². The van der Waals surface area contributed by atoms with Gasteiger partial charge >= 0.3 is 0 Å². The normalized spacial score (nSPS) is 33.8. The van der Waals surface area contributed by atoms with Gasteiger partial charge in [-0.05, 0) is 51.2 Å². The maximum atomic E-state index is 5.72. The van der Waals surface area contributed by atoms with E-state index in [1.165, 1.54) is 64.7 Å². The van der Waals surface area contributed by atoms with Crippen LogP contribution in [0.1, 0.15) is 45.4 Å². The van der Waals surface area contributed by atoms with Crippen molar-refractivity contribution in [3.8, 4) is 0 Å². The third kappa shape index (κ3) is 3.69. The number of nitrogens with one attached hydrogen (secondary N) is 1. The zero-order chi connectivity index (χ0) is 12.8. The smallest absolute Gasteiger partial charge is 0.0726 e. The molecule has 0 aromatic carbocycles. The van der Waals surface area contributed by atoms with Crippen LogP contribution >= 0.6 is 0 Å². The molecule has 0 radical (unpaired) electrons. The number of hydrogen-bond acceptors (Lipinski definition) is 3. The van der Waals surface area contributed by atoms with E-state index in [0.717, 1.165) is 5.92 Å². The molecule has 1 aliphatic carbocycles. The molecule has 0 spiro atoms. The maximum Gasteiger partial charge on any atom is 0.0726 e. The molecule has 0 bridgehead atoms. The Morgan fingerprint density at radius 2 is 2.00 bits per heavy atom. The van der Waals surface area contributed by atoms with Gasteiger partial charge in [0.05, 0.1) is 6.10 Å². The Hall–Kier alpha value is -0.120. The Morgan fingerprint density at radius 3 is 2.67 bits per heavy atom. The van der Waals surface area contributed by atoms with Gasteiger partial charge in [0.25, 0.3) is 0 Å². The lowest BCUT2D eigenvalue weighted by Crippen LogP contribution is -2.49. The second-order valence-corrected chi connectivity index (χ2v) is 5.93. The molecule has 18 heavy (non-hydrogen) atoms. The van der Waals surface area contributed by atoms with Gasteiger partial charge in [-0.25, -0.2) is 0 Å². The molecule has 1 aliphatic heterocycles. The highest BCUT2D eigenvalue weighted by Crippen LogP contribution is 2.26. The predicted molar refractivity (Wildman–Crippen MR) is 75.9 cm³/mol. The van der Waals surface area contributed by atoms with E-state index in [4.69, 9.17) is 4.74 Å². The molecular weight excluding hydrogens is 224 g/mol. The fourth-order valence-corrected chi connectivity index (χ4v) is 3.68. The first-order valence-corrected chi connectivity index (χ1v) is 7.82. The summed E-state index contributed by atoms with van der Waals surface area (Å²) >= 11 is 0. The van der Waals surface area contributed by atoms with Crippen LogP contribution in [0.15, 0.2) is 0 Å². The molecular formula is C15H30N2O. The quantitative estimate of drug-likeness (QED) is 0.814. The Kier molecular flexibility index (Phi) is 5.93. The lowest BCUT2D eigenvalue weighted by molar-refractivity contribution is -0.0153. The van der Waals surface area contributed by atoms with Crippen LogP contribution in [0.3, 0.4) is 0 Å². The van der Waals surface area contributed by atoms with Crippen molar-refractivity contribution in [2.45, 2.75) is 57.6 Å². The highest BCUT2D eigenvalue weighted by atomic mass is 16.5. The summed E-state index contributed by atoms with van der Waals surface area (Å²) in [4.78, 5) is 2.69. The van der Waals surface area contributed by atoms with Crippen molar-refractivity contribution in [3.63, 3.8) is 0 Å². The van der Waals surface area contributed by atoms with Gasteiger partial charge in [-0.2, -0.15) is 0 Å². The highest BCUT2D eigenvalue weighted by Gasteiger charge is 2.30. The molecule has 3 nitrogen and oxygen atoms in total. The van der Waals surface area contributed by atoms with Crippen molar-refractivity contribution < 1.29 is 4.74 Å². The van der Waals surface area contributed by atoms with E-state index in [1.54, 1.807) is 0 Å². The van der Waals surface area contributed by atoms with Crippen molar-refractivity contribution in [1.82, 2.24) is 10.2 Å². The molecule has 3 heteroatoms. The van der Waals surface area contributed by atoms with Crippen LogP contribution in [0.25, 0.3) is 0 Å². The average molecular weight is 254 g/mol. The SMILES string of the molecule is CCN(CC1CCCNC1)C1CCCCC1OC. The molecule has 3 unspecified atom stereocenters. The van der Waals surface area contributed by atoms with Crippen LogP contribution in [0, 0.1) is 5.92 Å². The van der Waals surface area contributed by atoms with Gasteiger partial charge in [0, 0.05) is 19.7 Å². The Labute approximate surface area is 112 Å². The Morgan fingerprint density at radius 1 is 1.17 bits per heavy atom. The summed E-state index contributed by atoms with van der Waals surface area (Å²) in [5.41, 5.74) is 0. The van der Waals surface area contributed by atoms with Crippen molar-refractivity contribution in [3.05, 3.63) is 0 Å². The number of methoxy groups -OCH3 is 1. The Balaban J connectivity index is 1.89. The summed E-state index contributed by atoms with van der Waals surface area (Å²) in [7, 11) is 1.89. The number of likely N-dealkylation sites (N-methyl/N-ethyl adjacent to an activating group) is 1. The minimum atomic E-state index is 0.468. The van der Waals surface area contributed by atoms with Crippen LogP contribution < -0.4 is 5.32 Å². The molecule has 2 fully saturated rings. The van der Waals surface area contributed by atoms with E-state index in [0.29, 0.717) is 12.1 Å². The number of piperidine rings is 1. The predicted octanol–water partition coefficient (Wildman–Crippen LogP) is 2.27. The van der Waals surface area contributed by atoms with Crippen LogP contribution in [0.5, 0.6) is 0 Å². The van der Waals surface area contributed by atoms with Crippen LogP contribution in [0.2, 0.25) is 0 Å². The molecule has 1 saturated heterocycles. The third-order valence-corrected chi connectivity index (χ3v) is 4.74. The zero-order valence-electron chi connectivity index (χ0n) is 12.2. The van der Waals surface area contributed by atoms with Crippen molar-refractivity contribution in [1.29, 1.82) is 0 Å². The monoisotopic (exact) mass is 254 g/mol. The molecule has 106 valence electrons. The lowest BCUT2D eigenvalue weighted by atomic mass is 9.89. The topological polar surface area (TPSA) is 24.5 Å². The minimum absolute atomic E-state index is 0.468. The Bertz CT molecular complexity index is 229. The molecule has 0 aromatic rings. The van der Waals surface area contributed by atoms with Crippen molar-refractivity contribution >= 4 is 0 Å². The van der Waals surface area contributed by atoms with Crippen molar-refractivity contribution in [2.75, 3.05) is 33.3 Å². The number of hydrogen-bond donors (Lipinski definition) is 1. The molecule has 2 aliphatic rings. The largest absolute Gasteiger partial charge is 0.380 e. The first-order chi connectivity index (χ1) is 8.85. The fourth-order valence-electron chi connectivity index (χ4n) is 3.68. The van der Waals surface area contributed by atoms with Gasteiger partial charge in [0.15, 0.2) is 0 Å². The first kappa shape index (κ1) is 14.3. The minimum Gasteiger partial charge on any atom is -0.380 e. The molecule has 0 aromatic heterocycles. The van der Waals surface area contributed by atoms with Gasteiger partial charge in [-0.3, -0.25) is 4.90 Å². The number of ether oxygens (including phenoxy) is 1. The van der Waals surface area contributed by atoms with E-state index in [9.17, 15) is 0 Å². The number of rotatable bonds is 5. The van der Waals surface area contributed by atoms with E-state index in [-0.39, 0.29) is 0 Å². The van der Waals surface area contributed by atoms with E-state index >= 15 is 0 Å². The molecule has 1 heterocycles. The van der Waals surface area contributed by atoms with Crippen LogP contribution in [-0.4, -0.2) is 50.3 Å². The third-order valence-electron chi connectivity index (χ3n) is 4.74. The molecule has 2 rings (SSSR count). The van der Waals surface area contributed by atoms with Gasteiger partial charge in [0.2, 0.25) is 0 Å². The second-order valence-electron chi connectivity index (χ2n) is 5.93. The second kappa shape index (κ2) is 7.46. The maximum absolute atomic E-state index is 5.72. The van der Waals surface area contributed by atoms with Gasteiger partial charge in [-0.15, -0.1) is 0 Å². The highest BCUT2D eigenvalue weighted by molar-refractivity contribution is 4.85. The lowest BCUT2D eigenvalue weighted by Gasteiger charge is -2.41. The van der Waals surface area contributed by atoms with Crippen LogP contribution in [-0.2, 0) is 4.74 Å². The van der Waals surface area contributed by atoms with E-state index in [2.05, 4.69) is 17.1 Å². The van der Waals surface area contributed by atoms with E-state index in [1.807, 2.05) is 7.11 Å². The fraction of sp³-hybridized carbons (Fsp3) is 1.00. The van der Waals surface area contributed by atoms with Gasteiger partial charge < -0.3 is 10.1 Å². The molecule has 0 amide bonds. The number of nitrogens with zero attached hydrogens (tertiary/aromatic N) is 1. The average Bonchev–Trinajstić information content (AvgIpc) is 2.46. The first-order valence-electron chi connectivity index (χ1n) is 7.82. The summed E-state index contributed by atoms with van der Waals surface area (Å²) in [6.07, 6.45) is 8.51. The van der Waals surface area contributed by atoms with E-state index < -0.39 is 0 Å². The van der Waals surface area contributed by atoms with Gasteiger partial charge in [-0.1, -0.05) is 19.8 Å². The standard InChI is InChI=1S/C15H30N2O/c1-3-17(12-13-7-6-10-16-11-13)14-8-4-5-9-15(14)18-2/h13-16H,3-12H2,1-2H3. The summed E-state index contributed by atoms with van der Waals surface area (Å²) in [6.45, 7) is 7.15. The zero-order valence-corrected chi connectivity index (χ0v) is 12.2. The molecule has 3 atom stereocenters. The molecule has 1 N–H and O–H groups in total. The summed E-state index contributed by atoms with van der Waals surface area (Å²) in [5, 5.41) is 3.53. The summed E-state index contributed by atoms with van der Waals surface area (Å²) in [6, 6.07) is 0.663. The summed E-state index contributed by atoms with van der Waals surface area (Å²) < 4.78 is 5.72.